The quantitative estimate of drug-likeness (QED) is 0.310. The second-order valence-electron chi connectivity index (χ2n) is 8.98. The van der Waals surface area contributed by atoms with Crippen LogP contribution in [0.3, 0.4) is 0 Å². The highest BCUT2D eigenvalue weighted by Crippen LogP contribution is 2.42. The summed E-state index contributed by atoms with van der Waals surface area (Å²) >= 11 is 0. The van der Waals surface area contributed by atoms with E-state index in [1.165, 1.54) is 0 Å². The third kappa shape index (κ3) is 4.91. The van der Waals surface area contributed by atoms with Crippen LogP contribution in [0.15, 0.2) is 71.1 Å². The maximum atomic E-state index is 12.7. The van der Waals surface area contributed by atoms with E-state index in [1.807, 2.05) is 55.5 Å². The number of hydrogen-bond acceptors (Lipinski definition) is 4. The number of carbonyl (C=O) groups excluding carboxylic acids is 1. The Morgan fingerprint density at radius 2 is 1.53 bits per heavy atom. The van der Waals surface area contributed by atoms with Crippen LogP contribution in [-0.4, -0.2) is 14.3 Å². The van der Waals surface area contributed by atoms with Gasteiger partial charge < -0.3 is 13.6 Å². The molecule has 1 heterocycles. The summed E-state index contributed by atoms with van der Waals surface area (Å²) in [5.74, 6) is 1.15. The molecule has 5 heteroatoms. The topological polar surface area (TPSA) is 48.7 Å². The molecule has 0 radical (unpaired) electrons. The van der Waals surface area contributed by atoms with Gasteiger partial charge in [-0.1, -0.05) is 69.3 Å². The fourth-order valence-electron chi connectivity index (χ4n) is 2.90. The van der Waals surface area contributed by atoms with Gasteiger partial charge in [0.1, 0.15) is 11.9 Å². The van der Waals surface area contributed by atoms with Crippen molar-refractivity contribution in [1.82, 2.24) is 0 Å². The molecular formula is C25H30O4Si. The fraction of sp³-hybridized carbons (Fsp3) is 0.320. The Labute approximate surface area is 180 Å². The first kappa shape index (κ1) is 22.1. The molecule has 0 N–H and O–H groups in total. The van der Waals surface area contributed by atoms with E-state index in [9.17, 15) is 4.79 Å². The molecule has 0 bridgehead atoms. The summed E-state index contributed by atoms with van der Waals surface area (Å²) in [6, 6.07) is 20.5. The smallest absolute Gasteiger partial charge is 0.343 e. The van der Waals surface area contributed by atoms with E-state index >= 15 is 0 Å². The molecule has 1 atom stereocenters. The summed E-state index contributed by atoms with van der Waals surface area (Å²) in [6.07, 6.45) is -0.345. The highest BCUT2D eigenvalue weighted by atomic mass is 28.4. The van der Waals surface area contributed by atoms with Crippen molar-refractivity contribution in [2.24, 2.45) is 0 Å². The van der Waals surface area contributed by atoms with Gasteiger partial charge in [-0.15, -0.1) is 0 Å². The minimum absolute atomic E-state index is 0.0526. The van der Waals surface area contributed by atoms with Crippen LogP contribution in [0.25, 0.3) is 11.3 Å². The molecule has 0 aliphatic carbocycles. The maximum absolute atomic E-state index is 12.7. The van der Waals surface area contributed by atoms with E-state index in [4.69, 9.17) is 13.6 Å². The molecule has 2 aromatic carbocycles. The molecule has 0 fully saturated rings. The molecule has 0 unspecified atom stereocenters. The summed E-state index contributed by atoms with van der Waals surface area (Å²) in [5, 5.41) is 0.0526. The van der Waals surface area contributed by atoms with E-state index < -0.39 is 14.3 Å². The minimum atomic E-state index is -2.05. The van der Waals surface area contributed by atoms with E-state index in [0.29, 0.717) is 22.8 Å². The predicted molar refractivity (Wildman–Crippen MR) is 122 cm³/mol. The van der Waals surface area contributed by atoms with Crippen LogP contribution in [0, 0.1) is 0 Å². The van der Waals surface area contributed by atoms with Crippen molar-refractivity contribution in [3.63, 3.8) is 0 Å². The Morgan fingerprint density at radius 3 is 2.10 bits per heavy atom. The van der Waals surface area contributed by atoms with Gasteiger partial charge in [0.2, 0.25) is 0 Å². The fourth-order valence-corrected chi connectivity index (χ4v) is 4.25. The van der Waals surface area contributed by atoms with Crippen LogP contribution in [-0.2, 0) is 4.43 Å². The molecule has 4 nitrogen and oxygen atoms in total. The molecule has 0 aliphatic rings. The van der Waals surface area contributed by atoms with Crippen LogP contribution in [0.2, 0.25) is 18.1 Å². The van der Waals surface area contributed by atoms with E-state index in [1.54, 1.807) is 18.2 Å². The lowest BCUT2D eigenvalue weighted by atomic mass is 10.2. The Morgan fingerprint density at radius 1 is 0.967 bits per heavy atom. The predicted octanol–water partition coefficient (Wildman–Crippen LogP) is 7.25. The van der Waals surface area contributed by atoms with Crippen LogP contribution < -0.4 is 4.74 Å². The normalized spacial score (nSPS) is 13.1. The first-order valence-corrected chi connectivity index (χ1v) is 13.1. The lowest BCUT2D eigenvalue weighted by Gasteiger charge is -2.38. The Bertz CT molecular complexity index is 985. The van der Waals surface area contributed by atoms with Crippen molar-refractivity contribution < 1.29 is 18.4 Å². The number of hydrogen-bond donors (Lipinski definition) is 0. The van der Waals surface area contributed by atoms with E-state index in [-0.39, 0.29) is 11.1 Å². The van der Waals surface area contributed by atoms with Gasteiger partial charge in [-0.05, 0) is 37.2 Å². The number of ether oxygens (including phenoxy) is 1. The van der Waals surface area contributed by atoms with Gasteiger partial charge in [0.25, 0.3) is 0 Å². The molecule has 0 amide bonds. The van der Waals surface area contributed by atoms with Crippen molar-refractivity contribution in [2.45, 2.75) is 51.9 Å². The average Bonchev–Trinajstić information content (AvgIpc) is 3.12. The van der Waals surface area contributed by atoms with Gasteiger partial charge in [-0.25, -0.2) is 4.79 Å². The Hall–Kier alpha value is -2.63. The molecule has 158 valence electrons. The number of benzene rings is 2. The van der Waals surface area contributed by atoms with Crippen molar-refractivity contribution >= 4 is 14.3 Å². The van der Waals surface area contributed by atoms with Gasteiger partial charge in [0, 0.05) is 11.6 Å². The Balaban J connectivity index is 1.95. The molecule has 1 aromatic heterocycles. The summed E-state index contributed by atoms with van der Waals surface area (Å²) in [5.41, 5.74) is 1.41. The zero-order valence-corrected chi connectivity index (χ0v) is 19.6. The van der Waals surface area contributed by atoms with Gasteiger partial charge >= 0.3 is 5.97 Å². The molecule has 0 saturated heterocycles. The lowest BCUT2D eigenvalue weighted by Crippen LogP contribution is -2.41. The molecule has 3 aromatic rings. The third-order valence-corrected chi connectivity index (χ3v) is 10.2. The zero-order chi connectivity index (χ0) is 21.9. The number of esters is 1. The number of furan rings is 1. The van der Waals surface area contributed by atoms with Gasteiger partial charge in [-0.2, -0.15) is 0 Å². The van der Waals surface area contributed by atoms with Gasteiger partial charge in [-0.3, -0.25) is 0 Å². The largest absolute Gasteiger partial charge is 0.454 e. The maximum Gasteiger partial charge on any atom is 0.343 e. The summed E-state index contributed by atoms with van der Waals surface area (Å²) < 4.78 is 18.5. The minimum Gasteiger partial charge on any atom is -0.454 e. The standard InChI is InChI=1S/C25H30O4Si/c1-18(29-30(5,6)25(2,3)4)23-22(28-24(26)20-15-11-8-12-16-20)17-21(27-23)19-13-9-7-10-14-19/h7-18H,1-6H3/t18-/m0/s1. The van der Waals surface area contributed by atoms with Crippen LogP contribution in [0.1, 0.15) is 49.9 Å². The SMILES string of the molecule is C[C@H](O[Si](C)(C)C(C)(C)C)c1oc(-c2ccccc2)cc1OC(=O)c1ccccc1. The monoisotopic (exact) mass is 422 g/mol. The van der Waals surface area contributed by atoms with Gasteiger partial charge in [0.05, 0.1) is 5.56 Å². The van der Waals surface area contributed by atoms with Crippen molar-refractivity contribution in [1.29, 1.82) is 0 Å². The van der Waals surface area contributed by atoms with Crippen LogP contribution in [0.4, 0.5) is 0 Å². The van der Waals surface area contributed by atoms with Crippen LogP contribution in [0.5, 0.6) is 5.75 Å². The first-order chi connectivity index (χ1) is 14.1. The third-order valence-electron chi connectivity index (χ3n) is 5.64. The zero-order valence-electron chi connectivity index (χ0n) is 18.6. The van der Waals surface area contributed by atoms with Gasteiger partial charge in [0.15, 0.2) is 19.8 Å². The highest BCUT2D eigenvalue weighted by molar-refractivity contribution is 6.74. The molecular weight excluding hydrogens is 392 g/mol. The Kier molecular flexibility index (Phi) is 6.34. The summed E-state index contributed by atoms with van der Waals surface area (Å²) in [6.45, 7) is 12.9. The van der Waals surface area contributed by atoms with E-state index in [2.05, 4.69) is 33.9 Å². The summed E-state index contributed by atoms with van der Waals surface area (Å²) in [7, 11) is -2.05. The molecule has 0 aliphatic heterocycles. The van der Waals surface area contributed by atoms with Crippen molar-refractivity contribution in [2.75, 3.05) is 0 Å². The molecule has 3 rings (SSSR count). The second kappa shape index (κ2) is 8.62. The van der Waals surface area contributed by atoms with Crippen molar-refractivity contribution in [3.05, 3.63) is 78.1 Å². The highest BCUT2D eigenvalue weighted by Gasteiger charge is 2.40. The second-order valence-corrected chi connectivity index (χ2v) is 13.7. The number of rotatable bonds is 6. The molecule has 0 saturated carbocycles. The first-order valence-electron chi connectivity index (χ1n) is 10.2. The molecule has 0 spiro atoms. The molecule has 30 heavy (non-hydrogen) atoms. The lowest BCUT2D eigenvalue weighted by molar-refractivity contribution is 0.0723. The van der Waals surface area contributed by atoms with Crippen molar-refractivity contribution in [3.8, 4) is 17.1 Å². The average molecular weight is 423 g/mol. The van der Waals surface area contributed by atoms with E-state index in [0.717, 1.165) is 5.56 Å². The van der Waals surface area contributed by atoms with Crippen LogP contribution >= 0.6 is 0 Å². The number of carbonyl (C=O) groups is 1. The summed E-state index contributed by atoms with van der Waals surface area (Å²) in [4.78, 5) is 12.7.